The first-order valence-corrected chi connectivity index (χ1v) is 7.81. The van der Waals surface area contributed by atoms with Gasteiger partial charge in [-0.2, -0.15) is 0 Å². The molecular weight excluding hydrogens is 266 g/mol. The molecule has 0 radical (unpaired) electrons. The lowest BCUT2D eigenvalue weighted by Gasteiger charge is -2.28. The number of fused-ring (bicyclic) bond motifs is 1. The Morgan fingerprint density at radius 3 is 2.90 bits per heavy atom. The Kier molecular flexibility index (Phi) is 3.89. The highest BCUT2D eigenvalue weighted by Gasteiger charge is 2.41. The Labute approximate surface area is 125 Å². The van der Waals surface area contributed by atoms with Crippen LogP contribution in [0.5, 0.6) is 5.75 Å². The lowest BCUT2D eigenvalue weighted by Crippen LogP contribution is -2.39. The predicted molar refractivity (Wildman–Crippen MR) is 80.4 cm³/mol. The summed E-state index contributed by atoms with van der Waals surface area (Å²) in [5.41, 5.74) is 7.51. The second kappa shape index (κ2) is 5.68. The molecule has 0 amide bonds. The molecule has 1 atom stereocenters. The van der Waals surface area contributed by atoms with Gasteiger partial charge in [-0.1, -0.05) is 25.0 Å². The van der Waals surface area contributed by atoms with Crippen LogP contribution in [0.2, 0.25) is 0 Å². The minimum atomic E-state index is -0.753. The first-order valence-electron chi connectivity index (χ1n) is 7.81. The fourth-order valence-corrected chi connectivity index (χ4v) is 3.22. The number of carbonyl (C=O) groups is 1. The zero-order chi connectivity index (χ0) is 14.9. The first kappa shape index (κ1) is 14.4. The Morgan fingerprint density at radius 2 is 2.24 bits per heavy atom. The van der Waals surface area contributed by atoms with Gasteiger partial charge in [0.05, 0.1) is 12.0 Å². The van der Waals surface area contributed by atoms with E-state index >= 15 is 0 Å². The van der Waals surface area contributed by atoms with Crippen LogP contribution in [0, 0.1) is 11.3 Å². The average Bonchev–Trinajstić information content (AvgIpc) is 3.17. The van der Waals surface area contributed by atoms with Crippen molar-refractivity contribution < 1.29 is 14.6 Å². The van der Waals surface area contributed by atoms with E-state index in [0.29, 0.717) is 12.3 Å². The topological polar surface area (TPSA) is 72.5 Å². The first-order chi connectivity index (χ1) is 10.1. The highest BCUT2D eigenvalue weighted by Crippen LogP contribution is 2.42. The molecular formula is C17H23NO3. The van der Waals surface area contributed by atoms with Crippen molar-refractivity contribution in [3.63, 3.8) is 0 Å². The van der Waals surface area contributed by atoms with Gasteiger partial charge in [0.15, 0.2) is 0 Å². The van der Waals surface area contributed by atoms with E-state index in [2.05, 4.69) is 6.07 Å². The minimum absolute atomic E-state index is 0.229. The van der Waals surface area contributed by atoms with Crippen LogP contribution in [-0.4, -0.2) is 24.2 Å². The Hall–Kier alpha value is -1.55. The van der Waals surface area contributed by atoms with Crippen molar-refractivity contribution in [3.8, 4) is 5.75 Å². The van der Waals surface area contributed by atoms with Gasteiger partial charge in [-0.25, -0.2) is 0 Å². The van der Waals surface area contributed by atoms with Gasteiger partial charge in [-0.05, 0) is 42.4 Å². The number of carboxylic acid groups (broad SMARTS) is 1. The standard InChI is InChI=1S/C17H23NO3/c18-11-17(16(19)20,10-13-1-2-13)7-5-12-3-4-15-14(9-12)6-8-21-15/h3-4,9,13H,1-2,5-8,10-11,18H2,(H,19,20). The highest BCUT2D eigenvalue weighted by atomic mass is 16.5. The van der Waals surface area contributed by atoms with Crippen molar-refractivity contribution in [1.29, 1.82) is 0 Å². The van der Waals surface area contributed by atoms with Crippen LogP contribution in [0.15, 0.2) is 18.2 Å². The molecule has 1 unspecified atom stereocenters. The number of ether oxygens (including phenoxy) is 1. The smallest absolute Gasteiger partial charge is 0.310 e. The molecule has 3 N–H and O–H groups in total. The predicted octanol–water partition coefficient (Wildman–Crippen LogP) is 2.38. The maximum absolute atomic E-state index is 11.7. The van der Waals surface area contributed by atoms with E-state index in [1.54, 1.807) is 0 Å². The summed E-state index contributed by atoms with van der Waals surface area (Å²) in [5.74, 6) is 0.805. The van der Waals surface area contributed by atoms with E-state index in [-0.39, 0.29) is 6.54 Å². The van der Waals surface area contributed by atoms with Gasteiger partial charge in [-0.3, -0.25) is 4.79 Å². The quantitative estimate of drug-likeness (QED) is 0.808. The van der Waals surface area contributed by atoms with E-state index in [1.165, 1.54) is 11.1 Å². The van der Waals surface area contributed by atoms with Gasteiger partial charge in [0, 0.05) is 13.0 Å². The molecule has 1 aromatic carbocycles. The average molecular weight is 289 g/mol. The summed E-state index contributed by atoms with van der Waals surface area (Å²) in [5, 5.41) is 9.63. The second-order valence-corrected chi connectivity index (χ2v) is 6.48. The number of aryl methyl sites for hydroxylation is 1. The van der Waals surface area contributed by atoms with Crippen LogP contribution in [0.25, 0.3) is 0 Å². The summed E-state index contributed by atoms with van der Waals surface area (Å²) in [6.07, 6.45) is 5.38. The van der Waals surface area contributed by atoms with Crippen LogP contribution in [0.1, 0.15) is 36.8 Å². The molecule has 0 aromatic heterocycles. The molecule has 1 aliphatic carbocycles. The fourth-order valence-electron chi connectivity index (χ4n) is 3.22. The third-order valence-corrected chi connectivity index (χ3v) is 4.87. The molecule has 114 valence electrons. The number of rotatable bonds is 7. The summed E-state index contributed by atoms with van der Waals surface area (Å²) < 4.78 is 5.51. The van der Waals surface area contributed by atoms with Gasteiger partial charge < -0.3 is 15.6 Å². The molecule has 0 spiro atoms. The van der Waals surface area contributed by atoms with Gasteiger partial charge in [0.1, 0.15) is 5.75 Å². The number of aliphatic carboxylic acids is 1. The number of hydrogen-bond donors (Lipinski definition) is 2. The lowest BCUT2D eigenvalue weighted by molar-refractivity contribution is -0.149. The molecule has 1 aromatic rings. The molecule has 0 bridgehead atoms. The van der Waals surface area contributed by atoms with E-state index < -0.39 is 11.4 Å². The number of benzene rings is 1. The molecule has 21 heavy (non-hydrogen) atoms. The van der Waals surface area contributed by atoms with Crippen molar-refractivity contribution in [2.45, 2.75) is 38.5 Å². The van der Waals surface area contributed by atoms with Crippen molar-refractivity contribution in [3.05, 3.63) is 29.3 Å². The van der Waals surface area contributed by atoms with E-state index in [9.17, 15) is 9.90 Å². The van der Waals surface area contributed by atoms with Crippen LogP contribution < -0.4 is 10.5 Å². The molecule has 2 aliphatic rings. The summed E-state index contributed by atoms with van der Waals surface area (Å²) >= 11 is 0. The van der Waals surface area contributed by atoms with Crippen LogP contribution in [0.4, 0.5) is 0 Å². The third kappa shape index (κ3) is 3.05. The molecule has 1 heterocycles. The third-order valence-electron chi connectivity index (χ3n) is 4.87. The van der Waals surface area contributed by atoms with Crippen LogP contribution in [-0.2, 0) is 17.6 Å². The van der Waals surface area contributed by atoms with Crippen LogP contribution >= 0.6 is 0 Å². The molecule has 0 saturated heterocycles. The van der Waals surface area contributed by atoms with Crippen LogP contribution in [0.3, 0.4) is 0 Å². The normalized spacial score (nSPS) is 19.7. The van der Waals surface area contributed by atoms with Gasteiger partial charge in [-0.15, -0.1) is 0 Å². The molecule has 3 rings (SSSR count). The molecule has 4 heteroatoms. The minimum Gasteiger partial charge on any atom is -0.493 e. The van der Waals surface area contributed by atoms with Gasteiger partial charge in [0.25, 0.3) is 0 Å². The van der Waals surface area contributed by atoms with Crippen molar-refractivity contribution in [1.82, 2.24) is 0 Å². The second-order valence-electron chi connectivity index (χ2n) is 6.48. The SMILES string of the molecule is NCC(CCc1ccc2c(c1)CCO2)(CC1CC1)C(=O)O. The Balaban J connectivity index is 1.69. The molecule has 1 saturated carbocycles. The van der Waals surface area contributed by atoms with E-state index in [1.807, 2.05) is 12.1 Å². The molecule has 4 nitrogen and oxygen atoms in total. The largest absolute Gasteiger partial charge is 0.493 e. The lowest BCUT2D eigenvalue weighted by atomic mass is 9.77. The van der Waals surface area contributed by atoms with Gasteiger partial charge in [0.2, 0.25) is 0 Å². The number of nitrogens with two attached hydrogens (primary N) is 1. The maximum Gasteiger partial charge on any atom is 0.310 e. The number of carboxylic acids is 1. The van der Waals surface area contributed by atoms with Crippen molar-refractivity contribution in [2.75, 3.05) is 13.2 Å². The van der Waals surface area contributed by atoms with E-state index in [0.717, 1.165) is 44.5 Å². The van der Waals surface area contributed by atoms with E-state index in [4.69, 9.17) is 10.5 Å². The monoisotopic (exact) mass is 289 g/mol. The van der Waals surface area contributed by atoms with Crippen molar-refractivity contribution >= 4 is 5.97 Å². The van der Waals surface area contributed by atoms with Crippen molar-refractivity contribution in [2.24, 2.45) is 17.1 Å². The molecule has 1 fully saturated rings. The van der Waals surface area contributed by atoms with Gasteiger partial charge >= 0.3 is 5.97 Å². The highest BCUT2D eigenvalue weighted by molar-refractivity contribution is 5.75. The Bertz CT molecular complexity index is 539. The fraction of sp³-hybridized carbons (Fsp3) is 0.588. The summed E-state index contributed by atoms with van der Waals surface area (Å²) in [6.45, 7) is 0.981. The zero-order valence-corrected chi connectivity index (χ0v) is 12.3. The summed E-state index contributed by atoms with van der Waals surface area (Å²) in [6, 6.07) is 6.20. The zero-order valence-electron chi connectivity index (χ0n) is 12.3. The molecule has 1 aliphatic heterocycles. The number of hydrogen-bond acceptors (Lipinski definition) is 3. The summed E-state index contributed by atoms with van der Waals surface area (Å²) in [7, 11) is 0. The maximum atomic E-state index is 11.7. The summed E-state index contributed by atoms with van der Waals surface area (Å²) in [4.78, 5) is 11.7. The Morgan fingerprint density at radius 1 is 1.43 bits per heavy atom.